The Morgan fingerprint density at radius 3 is 2.87 bits per heavy atom. The third-order valence-electron chi connectivity index (χ3n) is 4.79. The van der Waals surface area contributed by atoms with Gasteiger partial charge in [0.15, 0.2) is 5.82 Å². The fraction of sp³-hybridized carbons (Fsp3) is 0.471. The van der Waals surface area contributed by atoms with E-state index in [4.69, 9.17) is 0 Å². The molecule has 23 heavy (non-hydrogen) atoms. The number of aromatic nitrogens is 3. The second-order valence-corrected chi connectivity index (χ2v) is 6.60. The van der Waals surface area contributed by atoms with Crippen molar-refractivity contribution in [3.63, 3.8) is 0 Å². The van der Waals surface area contributed by atoms with Crippen LogP contribution in [0.1, 0.15) is 31.5 Å². The van der Waals surface area contributed by atoms with Crippen LogP contribution in [-0.4, -0.2) is 34.2 Å². The molecule has 120 valence electrons. The van der Waals surface area contributed by atoms with Gasteiger partial charge in [0.05, 0.1) is 0 Å². The Kier molecular flexibility index (Phi) is 3.61. The fourth-order valence-corrected chi connectivity index (χ4v) is 2.81. The van der Waals surface area contributed by atoms with Gasteiger partial charge in [0.2, 0.25) is 5.91 Å². The number of hydrogen-bond acceptors (Lipinski definition) is 4. The highest BCUT2D eigenvalue weighted by atomic mass is 16.1. The quantitative estimate of drug-likeness (QED) is 0.790. The monoisotopic (exact) mass is 311 g/mol. The molecule has 1 aliphatic carbocycles. The van der Waals surface area contributed by atoms with Crippen LogP contribution in [0.25, 0.3) is 11.4 Å². The predicted molar refractivity (Wildman–Crippen MR) is 87.9 cm³/mol. The molecule has 1 unspecified atom stereocenters. The van der Waals surface area contributed by atoms with Crippen molar-refractivity contribution < 1.29 is 4.79 Å². The normalized spacial score (nSPS) is 19.2. The van der Waals surface area contributed by atoms with Crippen LogP contribution < -0.4 is 10.6 Å². The molecule has 0 bridgehead atoms. The standard InChI is InChI=1S/C17H21N5O/c1-10(13-8-18-9-13)17(23)19-14-4-2-3-12(7-14)16-20-15(21-22-16)11-5-6-11/h2-4,7,10-11,13,18H,5-6,8-9H2,1H3,(H,19,23)(H,20,21,22). The molecule has 6 heteroatoms. The molecule has 4 rings (SSSR count). The van der Waals surface area contributed by atoms with Crippen molar-refractivity contribution >= 4 is 11.6 Å². The number of benzene rings is 1. The van der Waals surface area contributed by atoms with Gasteiger partial charge < -0.3 is 10.6 Å². The van der Waals surface area contributed by atoms with E-state index in [0.717, 1.165) is 30.2 Å². The van der Waals surface area contributed by atoms with Gasteiger partial charge in [0.25, 0.3) is 0 Å². The zero-order valence-electron chi connectivity index (χ0n) is 13.2. The predicted octanol–water partition coefficient (Wildman–Crippen LogP) is 2.14. The van der Waals surface area contributed by atoms with Gasteiger partial charge >= 0.3 is 0 Å². The molecule has 1 atom stereocenters. The molecule has 1 saturated carbocycles. The SMILES string of the molecule is CC(C(=O)Nc1cccc(-c2n[nH]c(C3CC3)n2)c1)C1CNC1. The van der Waals surface area contributed by atoms with Crippen molar-refractivity contribution in [1.82, 2.24) is 20.5 Å². The Morgan fingerprint density at radius 2 is 2.17 bits per heavy atom. The Labute approximate surface area is 135 Å². The highest BCUT2D eigenvalue weighted by Crippen LogP contribution is 2.38. The molecule has 6 nitrogen and oxygen atoms in total. The molecular formula is C17H21N5O. The first kappa shape index (κ1) is 14.4. The van der Waals surface area contributed by atoms with Crippen LogP contribution in [0.15, 0.2) is 24.3 Å². The van der Waals surface area contributed by atoms with Crippen molar-refractivity contribution in [2.75, 3.05) is 18.4 Å². The minimum atomic E-state index is 0.0184. The number of nitrogens with one attached hydrogen (secondary N) is 3. The number of aromatic amines is 1. The number of carbonyl (C=O) groups is 1. The van der Waals surface area contributed by atoms with E-state index in [1.54, 1.807) is 0 Å². The Bertz CT molecular complexity index is 717. The summed E-state index contributed by atoms with van der Waals surface area (Å²) in [5.41, 5.74) is 1.72. The molecule has 1 saturated heterocycles. The summed E-state index contributed by atoms with van der Waals surface area (Å²) in [4.78, 5) is 16.9. The molecule has 2 aliphatic rings. The van der Waals surface area contributed by atoms with Crippen LogP contribution >= 0.6 is 0 Å². The van der Waals surface area contributed by atoms with Crippen molar-refractivity contribution in [2.24, 2.45) is 11.8 Å². The molecule has 1 amide bonds. The van der Waals surface area contributed by atoms with E-state index in [1.807, 2.05) is 31.2 Å². The molecule has 1 aromatic heterocycles. The molecular weight excluding hydrogens is 290 g/mol. The summed E-state index contributed by atoms with van der Waals surface area (Å²) in [5, 5.41) is 13.5. The molecule has 1 aliphatic heterocycles. The molecule has 1 aromatic carbocycles. The van der Waals surface area contributed by atoms with Gasteiger partial charge in [-0.15, -0.1) is 0 Å². The Morgan fingerprint density at radius 1 is 1.35 bits per heavy atom. The van der Waals surface area contributed by atoms with Crippen LogP contribution in [0.5, 0.6) is 0 Å². The number of hydrogen-bond donors (Lipinski definition) is 3. The first-order valence-corrected chi connectivity index (χ1v) is 8.25. The lowest BCUT2D eigenvalue weighted by atomic mass is 9.88. The topological polar surface area (TPSA) is 82.7 Å². The first-order chi connectivity index (χ1) is 11.2. The summed E-state index contributed by atoms with van der Waals surface area (Å²) in [6, 6.07) is 7.73. The average Bonchev–Trinajstić information content (AvgIpc) is 3.23. The number of amides is 1. The summed E-state index contributed by atoms with van der Waals surface area (Å²) in [7, 11) is 0. The summed E-state index contributed by atoms with van der Waals surface area (Å²) < 4.78 is 0. The number of carbonyl (C=O) groups excluding carboxylic acids is 1. The molecule has 0 radical (unpaired) electrons. The molecule has 0 spiro atoms. The lowest BCUT2D eigenvalue weighted by molar-refractivity contribution is -0.121. The van der Waals surface area contributed by atoms with Gasteiger partial charge in [-0.1, -0.05) is 19.1 Å². The van der Waals surface area contributed by atoms with Crippen molar-refractivity contribution in [1.29, 1.82) is 0 Å². The lowest BCUT2D eigenvalue weighted by Gasteiger charge is -2.31. The maximum Gasteiger partial charge on any atom is 0.227 e. The average molecular weight is 311 g/mol. The van der Waals surface area contributed by atoms with Crippen molar-refractivity contribution in [3.05, 3.63) is 30.1 Å². The van der Waals surface area contributed by atoms with Crippen LogP contribution in [-0.2, 0) is 4.79 Å². The van der Waals surface area contributed by atoms with E-state index in [0.29, 0.717) is 17.7 Å². The van der Waals surface area contributed by atoms with Crippen LogP contribution in [0.4, 0.5) is 5.69 Å². The Balaban J connectivity index is 1.47. The molecule has 2 fully saturated rings. The summed E-state index contributed by atoms with van der Waals surface area (Å²) in [6.45, 7) is 3.84. The van der Waals surface area contributed by atoms with E-state index in [1.165, 1.54) is 12.8 Å². The number of H-pyrrole nitrogens is 1. The van der Waals surface area contributed by atoms with Gasteiger partial charge in [0, 0.05) is 23.1 Å². The number of nitrogens with zero attached hydrogens (tertiary/aromatic N) is 2. The van der Waals surface area contributed by atoms with E-state index in [-0.39, 0.29) is 11.8 Å². The second kappa shape index (κ2) is 5.77. The third-order valence-corrected chi connectivity index (χ3v) is 4.79. The summed E-state index contributed by atoms with van der Waals surface area (Å²) >= 11 is 0. The maximum atomic E-state index is 12.3. The van der Waals surface area contributed by atoms with Crippen molar-refractivity contribution in [2.45, 2.75) is 25.7 Å². The maximum absolute atomic E-state index is 12.3. The highest BCUT2D eigenvalue weighted by molar-refractivity contribution is 5.93. The van der Waals surface area contributed by atoms with E-state index < -0.39 is 0 Å². The molecule has 3 N–H and O–H groups in total. The van der Waals surface area contributed by atoms with Crippen LogP contribution in [0, 0.1) is 11.8 Å². The summed E-state index contributed by atoms with van der Waals surface area (Å²) in [5.74, 6) is 2.75. The highest BCUT2D eigenvalue weighted by Gasteiger charge is 2.29. The zero-order valence-corrected chi connectivity index (χ0v) is 13.2. The van der Waals surface area contributed by atoms with Crippen LogP contribution in [0.3, 0.4) is 0 Å². The van der Waals surface area contributed by atoms with Gasteiger partial charge in [0.1, 0.15) is 5.82 Å². The smallest absolute Gasteiger partial charge is 0.227 e. The minimum Gasteiger partial charge on any atom is -0.326 e. The summed E-state index contributed by atoms with van der Waals surface area (Å²) in [6.07, 6.45) is 2.39. The second-order valence-electron chi connectivity index (χ2n) is 6.60. The Hall–Kier alpha value is -2.21. The van der Waals surface area contributed by atoms with Gasteiger partial charge in [-0.2, -0.15) is 5.10 Å². The van der Waals surface area contributed by atoms with Gasteiger partial charge in [-0.3, -0.25) is 9.89 Å². The zero-order chi connectivity index (χ0) is 15.8. The number of anilines is 1. The molecule has 2 aromatic rings. The van der Waals surface area contributed by atoms with E-state index in [9.17, 15) is 4.79 Å². The third kappa shape index (κ3) is 2.99. The van der Waals surface area contributed by atoms with Gasteiger partial charge in [-0.25, -0.2) is 4.98 Å². The lowest BCUT2D eigenvalue weighted by Crippen LogP contribution is -2.48. The first-order valence-electron chi connectivity index (χ1n) is 8.25. The fourth-order valence-electron chi connectivity index (χ4n) is 2.81. The van der Waals surface area contributed by atoms with Crippen molar-refractivity contribution in [3.8, 4) is 11.4 Å². The van der Waals surface area contributed by atoms with E-state index in [2.05, 4.69) is 25.8 Å². The van der Waals surface area contributed by atoms with E-state index >= 15 is 0 Å². The van der Waals surface area contributed by atoms with Crippen LogP contribution in [0.2, 0.25) is 0 Å². The minimum absolute atomic E-state index is 0.0184. The largest absolute Gasteiger partial charge is 0.326 e. The molecule has 2 heterocycles. The van der Waals surface area contributed by atoms with Gasteiger partial charge in [-0.05, 0) is 44.0 Å². The number of rotatable bonds is 5.